The molecular formula is C15H19N3O4S. The fraction of sp³-hybridized carbons (Fsp3) is 0.400. The zero-order valence-corrected chi connectivity index (χ0v) is 14.0. The van der Waals surface area contributed by atoms with Gasteiger partial charge in [0.2, 0.25) is 0 Å². The van der Waals surface area contributed by atoms with Gasteiger partial charge in [0.25, 0.3) is 5.91 Å². The number of nitrogens with one attached hydrogen (secondary N) is 1. The number of carbonyl (C=O) groups excluding carboxylic acids is 1. The van der Waals surface area contributed by atoms with E-state index in [-0.39, 0.29) is 24.7 Å². The number of carbonyl (C=O) groups is 2. The second-order valence-electron chi connectivity index (χ2n) is 5.87. The third-order valence-corrected chi connectivity index (χ3v) is 4.06. The number of hydrogen-bond acceptors (Lipinski definition) is 5. The SMILES string of the molecule is CC(C)(C)N(CCNC(=O)c1ncoc1-c1cccs1)C(=O)O. The molecule has 2 heterocycles. The first kappa shape index (κ1) is 17.0. The van der Waals surface area contributed by atoms with Crippen LogP contribution in [-0.4, -0.2) is 45.6 Å². The van der Waals surface area contributed by atoms with E-state index >= 15 is 0 Å². The molecule has 0 saturated heterocycles. The minimum Gasteiger partial charge on any atom is -0.465 e. The molecule has 124 valence electrons. The summed E-state index contributed by atoms with van der Waals surface area (Å²) < 4.78 is 5.28. The number of carboxylic acid groups (broad SMARTS) is 1. The molecule has 0 fully saturated rings. The topological polar surface area (TPSA) is 95.7 Å². The number of oxazole rings is 1. The van der Waals surface area contributed by atoms with Crippen LogP contribution in [0.25, 0.3) is 10.6 Å². The first-order valence-corrected chi connectivity index (χ1v) is 7.95. The Kier molecular flexibility index (Phi) is 5.05. The van der Waals surface area contributed by atoms with E-state index in [1.807, 2.05) is 17.5 Å². The van der Waals surface area contributed by atoms with Crippen molar-refractivity contribution in [3.63, 3.8) is 0 Å². The monoisotopic (exact) mass is 337 g/mol. The molecule has 0 aromatic carbocycles. The van der Waals surface area contributed by atoms with Crippen LogP contribution >= 0.6 is 11.3 Å². The van der Waals surface area contributed by atoms with E-state index < -0.39 is 11.6 Å². The van der Waals surface area contributed by atoms with E-state index in [1.54, 1.807) is 20.8 Å². The molecule has 0 spiro atoms. The molecule has 23 heavy (non-hydrogen) atoms. The lowest BCUT2D eigenvalue weighted by Crippen LogP contribution is -2.48. The molecule has 0 atom stereocenters. The number of amides is 2. The molecule has 2 rings (SSSR count). The lowest BCUT2D eigenvalue weighted by Gasteiger charge is -2.33. The Morgan fingerprint density at radius 3 is 2.74 bits per heavy atom. The zero-order valence-electron chi connectivity index (χ0n) is 13.2. The first-order valence-electron chi connectivity index (χ1n) is 7.07. The van der Waals surface area contributed by atoms with E-state index in [9.17, 15) is 14.7 Å². The Morgan fingerprint density at radius 2 is 2.17 bits per heavy atom. The lowest BCUT2D eigenvalue weighted by atomic mass is 10.1. The van der Waals surface area contributed by atoms with Crippen LogP contribution in [0.5, 0.6) is 0 Å². The molecule has 0 saturated carbocycles. The summed E-state index contributed by atoms with van der Waals surface area (Å²) in [6.07, 6.45) is 0.204. The minimum atomic E-state index is -1.02. The lowest BCUT2D eigenvalue weighted by molar-refractivity contribution is 0.0889. The Morgan fingerprint density at radius 1 is 1.43 bits per heavy atom. The van der Waals surface area contributed by atoms with Crippen LogP contribution < -0.4 is 5.32 Å². The van der Waals surface area contributed by atoms with Gasteiger partial charge in [-0.25, -0.2) is 9.78 Å². The maximum absolute atomic E-state index is 12.2. The van der Waals surface area contributed by atoms with Crippen LogP contribution in [0.4, 0.5) is 4.79 Å². The average Bonchev–Trinajstić information content (AvgIpc) is 3.10. The predicted octanol–water partition coefficient (Wildman–Crippen LogP) is 2.91. The van der Waals surface area contributed by atoms with Crippen molar-refractivity contribution in [2.75, 3.05) is 13.1 Å². The fourth-order valence-electron chi connectivity index (χ4n) is 2.07. The Hall–Kier alpha value is -2.35. The van der Waals surface area contributed by atoms with Gasteiger partial charge in [0.05, 0.1) is 4.88 Å². The first-order chi connectivity index (χ1) is 10.8. The molecule has 0 radical (unpaired) electrons. The highest BCUT2D eigenvalue weighted by atomic mass is 32.1. The summed E-state index contributed by atoms with van der Waals surface area (Å²) in [7, 11) is 0. The number of aromatic nitrogens is 1. The highest BCUT2D eigenvalue weighted by Crippen LogP contribution is 2.27. The summed E-state index contributed by atoms with van der Waals surface area (Å²) in [6.45, 7) is 5.79. The predicted molar refractivity (Wildman–Crippen MR) is 86.6 cm³/mol. The molecule has 0 bridgehead atoms. The van der Waals surface area contributed by atoms with Gasteiger partial charge < -0.3 is 19.7 Å². The minimum absolute atomic E-state index is 0.191. The second-order valence-corrected chi connectivity index (χ2v) is 6.82. The van der Waals surface area contributed by atoms with Crippen LogP contribution in [0, 0.1) is 0 Å². The van der Waals surface area contributed by atoms with E-state index in [0.717, 1.165) is 4.88 Å². The van der Waals surface area contributed by atoms with Crippen molar-refractivity contribution in [3.8, 4) is 10.6 Å². The molecule has 2 aromatic rings. The molecule has 0 aliphatic heterocycles. The second kappa shape index (κ2) is 6.82. The van der Waals surface area contributed by atoms with Crippen molar-refractivity contribution >= 4 is 23.3 Å². The van der Waals surface area contributed by atoms with Gasteiger partial charge >= 0.3 is 6.09 Å². The van der Waals surface area contributed by atoms with Gasteiger partial charge in [-0.1, -0.05) is 6.07 Å². The maximum Gasteiger partial charge on any atom is 0.407 e. The van der Waals surface area contributed by atoms with E-state index in [4.69, 9.17) is 4.42 Å². The largest absolute Gasteiger partial charge is 0.465 e. The normalized spacial score (nSPS) is 11.3. The van der Waals surface area contributed by atoms with E-state index in [0.29, 0.717) is 5.76 Å². The summed E-state index contributed by atoms with van der Waals surface area (Å²) in [5.41, 5.74) is -0.336. The molecule has 8 heteroatoms. The molecule has 2 aromatic heterocycles. The molecule has 0 aliphatic carbocycles. The third-order valence-electron chi connectivity index (χ3n) is 3.19. The fourth-order valence-corrected chi connectivity index (χ4v) is 2.79. The van der Waals surface area contributed by atoms with Crippen LogP contribution in [-0.2, 0) is 0 Å². The van der Waals surface area contributed by atoms with Crippen molar-refractivity contribution in [3.05, 3.63) is 29.6 Å². The van der Waals surface area contributed by atoms with Crippen molar-refractivity contribution in [1.82, 2.24) is 15.2 Å². The quantitative estimate of drug-likeness (QED) is 0.874. The van der Waals surface area contributed by atoms with Crippen LogP contribution in [0.3, 0.4) is 0 Å². The van der Waals surface area contributed by atoms with Crippen LogP contribution in [0.2, 0.25) is 0 Å². The van der Waals surface area contributed by atoms with Gasteiger partial charge in [0, 0.05) is 18.6 Å². The van der Waals surface area contributed by atoms with Gasteiger partial charge in [-0.05, 0) is 32.2 Å². The van der Waals surface area contributed by atoms with Crippen molar-refractivity contribution in [1.29, 1.82) is 0 Å². The molecule has 0 unspecified atom stereocenters. The number of nitrogens with zero attached hydrogens (tertiary/aromatic N) is 2. The zero-order chi connectivity index (χ0) is 17.0. The Balaban J connectivity index is 1.99. The van der Waals surface area contributed by atoms with Crippen molar-refractivity contribution < 1.29 is 19.1 Å². The average molecular weight is 337 g/mol. The summed E-state index contributed by atoms with van der Waals surface area (Å²) in [4.78, 5) is 29.5. The Bertz CT molecular complexity index is 673. The smallest absolute Gasteiger partial charge is 0.407 e. The molecule has 2 amide bonds. The van der Waals surface area contributed by atoms with Gasteiger partial charge in [0.15, 0.2) is 17.8 Å². The summed E-state index contributed by atoms with van der Waals surface area (Å²) in [6, 6.07) is 3.70. The van der Waals surface area contributed by atoms with Gasteiger partial charge in [-0.15, -0.1) is 11.3 Å². The molecule has 7 nitrogen and oxygen atoms in total. The number of rotatable bonds is 5. The van der Waals surface area contributed by atoms with Crippen LogP contribution in [0.1, 0.15) is 31.3 Å². The molecule has 2 N–H and O–H groups in total. The highest BCUT2D eigenvalue weighted by molar-refractivity contribution is 7.13. The van der Waals surface area contributed by atoms with E-state index in [2.05, 4.69) is 10.3 Å². The van der Waals surface area contributed by atoms with Gasteiger partial charge in [0.1, 0.15) is 0 Å². The number of hydrogen-bond donors (Lipinski definition) is 2. The Labute approximate surface area is 137 Å². The third kappa shape index (κ3) is 4.10. The van der Waals surface area contributed by atoms with Gasteiger partial charge in [-0.3, -0.25) is 4.79 Å². The number of thiophene rings is 1. The summed E-state index contributed by atoms with van der Waals surface area (Å²) in [5.74, 6) is 0.0322. The van der Waals surface area contributed by atoms with Crippen molar-refractivity contribution in [2.24, 2.45) is 0 Å². The standard InChI is InChI=1S/C15H19N3O4S/c1-15(2,3)18(14(20)21)7-6-16-13(19)11-12(22-9-17-11)10-5-4-8-23-10/h4-5,8-9H,6-7H2,1-3H3,(H,16,19)(H,20,21). The summed E-state index contributed by atoms with van der Waals surface area (Å²) in [5, 5.41) is 13.8. The molecular weight excluding hydrogens is 318 g/mol. The summed E-state index contributed by atoms with van der Waals surface area (Å²) >= 11 is 1.45. The van der Waals surface area contributed by atoms with E-state index in [1.165, 1.54) is 22.6 Å². The van der Waals surface area contributed by atoms with Crippen molar-refractivity contribution in [2.45, 2.75) is 26.3 Å². The van der Waals surface area contributed by atoms with Crippen LogP contribution in [0.15, 0.2) is 28.3 Å². The molecule has 0 aliphatic rings. The maximum atomic E-state index is 12.2. The highest BCUT2D eigenvalue weighted by Gasteiger charge is 2.26. The van der Waals surface area contributed by atoms with Gasteiger partial charge in [-0.2, -0.15) is 0 Å².